The Bertz CT molecular complexity index is 477. The Morgan fingerprint density at radius 3 is 2.76 bits per heavy atom. The van der Waals surface area contributed by atoms with Gasteiger partial charge in [-0.05, 0) is 13.8 Å². The number of nitrogens with zero attached hydrogens (tertiary/aromatic N) is 2. The summed E-state index contributed by atoms with van der Waals surface area (Å²) in [5.41, 5.74) is 1.06. The molecule has 118 valence electrons. The van der Waals surface area contributed by atoms with Crippen LogP contribution in [0.15, 0.2) is 5.38 Å². The third-order valence-electron chi connectivity index (χ3n) is 3.03. The van der Waals surface area contributed by atoms with Gasteiger partial charge in [0.05, 0.1) is 16.6 Å². The van der Waals surface area contributed by atoms with Crippen molar-refractivity contribution in [3.05, 3.63) is 16.1 Å². The molecule has 0 aliphatic heterocycles. The second-order valence-electron chi connectivity index (χ2n) is 4.83. The summed E-state index contributed by atoms with van der Waals surface area (Å²) in [4.78, 5) is 28.9. The smallest absolute Gasteiger partial charge is 0.308 e. The van der Waals surface area contributed by atoms with Crippen molar-refractivity contribution < 1.29 is 14.7 Å². The summed E-state index contributed by atoms with van der Waals surface area (Å²) >= 11 is 3.31. The fraction of sp³-hybridized carbons (Fsp3) is 0.643. The van der Waals surface area contributed by atoms with Gasteiger partial charge in [-0.15, -0.1) is 11.3 Å². The van der Waals surface area contributed by atoms with Crippen molar-refractivity contribution in [1.29, 1.82) is 0 Å². The molecular weight excluding hydrogens is 308 g/mol. The topological polar surface area (TPSA) is 70.5 Å². The number of rotatable bonds is 9. The van der Waals surface area contributed by atoms with Crippen molar-refractivity contribution in [2.45, 2.75) is 32.9 Å². The number of hydrogen-bond acceptors (Lipinski definition) is 5. The average molecular weight is 330 g/mol. The first-order chi connectivity index (χ1) is 9.93. The first-order valence-electron chi connectivity index (χ1n) is 6.93. The van der Waals surface area contributed by atoms with Gasteiger partial charge in [-0.3, -0.25) is 9.59 Å². The van der Waals surface area contributed by atoms with Gasteiger partial charge in [-0.25, -0.2) is 4.98 Å². The second-order valence-corrected chi connectivity index (χ2v) is 7.00. The van der Waals surface area contributed by atoms with Gasteiger partial charge in [0.25, 0.3) is 0 Å². The number of aryl methyl sites for hydroxylation is 1. The van der Waals surface area contributed by atoms with Crippen LogP contribution in [0.25, 0.3) is 0 Å². The zero-order valence-corrected chi connectivity index (χ0v) is 14.3. The lowest BCUT2D eigenvalue weighted by molar-refractivity contribution is -0.143. The molecule has 0 spiro atoms. The number of hydrogen-bond donors (Lipinski definition) is 1. The Morgan fingerprint density at radius 1 is 1.52 bits per heavy atom. The molecule has 1 heterocycles. The molecular formula is C14H22N2O3S2. The molecule has 1 amide bonds. The minimum atomic E-state index is -0.866. The maximum Gasteiger partial charge on any atom is 0.308 e. The molecule has 1 rings (SSSR count). The van der Waals surface area contributed by atoms with E-state index in [0.717, 1.165) is 22.2 Å². The molecule has 0 aliphatic carbocycles. The summed E-state index contributed by atoms with van der Waals surface area (Å²) in [6, 6.07) is 0. The normalized spacial score (nSPS) is 12.1. The summed E-state index contributed by atoms with van der Waals surface area (Å²) in [5.74, 6) is 0.171. The molecule has 1 unspecified atom stereocenters. The predicted octanol–water partition coefficient (Wildman–Crippen LogP) is 2.64. The van der Waals surface area contributed by atoms with Gasteiger partial charge in [0.15, 0.2) is 0 Å². The third kappa shape index (κ3) is 6.48. The summed E-state index contributed by atoms with van der Waals surface area (Å²) in [6.07, 6.45) is 0.438. The summed E-state index contributed by atoms with van der Waals surface area (Å²) < 4.78 is 0. The molecule has 1 aromatic heterocycles. The highest BCUT2D eigenvalue weighted by Crippen LogP contribution is 2.16. The lowest BCUT2D eigenvalue weighted by Crippen LogP contribution is -2.36. The highest BCUT2D eigenvalue weighted by atomic mass is 32.2. The maximum atomic E-state index is 12.1. The van der Waals surface area contributed by atoms with E-state index in [1.54, 1.807) is 34.9 Å². The molecule has 0 fully saturated rings. The van der Waals surface area contributed by atoms with Gasteiger partial charge in [0, 0.05) is 36.4 Å². The molecule has 7 heteroatoms. The van der Waals surface area contributed by atoms with Crippen molar-refractivity contribution in [1.82, 2.24) is 9.88 Å². The number of carboxylic acids is 1. The lowest BCUT2D eigenvalue weighted by Gasteiger charge is -2.22. The van der Waals surface area contributed by atoms with Crippen LogP contribution in [0.4, 0.5) is 0 Å². The first kappa shape index (κ1) is 18.0. The SMILES string of the molecule is CCN(CC(C)C(=O)O)C(=O)CCSCc1csc(C)n1. The van der Waals surface area contributed by atoms with Crippen LogP contribution < -0.4 is 0 Å². The molecule has 0 saturated carbocycles. The van der Waals surface area contributed by atoms with Gasteiger partial charge in [0.1, 0.15) is 0 Å². The van der Waals surface area contributed by atoms with E-state index < -0.39 is 11.9 Å². The standard InChI is InChI=1S/C14H22N2O3S2/c1-4-16(7-10(2)14(18)19)13(17)5-6-20-8-12-9-21-11(3)15-12/h9-10H,4-8H2,1-3H3,(H,18,19). The van der Waals surface area contributed by atoms with Crippen LogP contribution in [-0.2, 0) is 15.3 Å². The highest BCUT2D eigenvalue weighted by Gasteiger charge is 2.18. The number of carbonyl (C=O) groups is 2. The quantitative estimate of drug-likeness (QED) is 0.705. The van der Waals surface area contributed by atoms with E-state index in [1.807, 2.05) is 19.2 Å². The number of aromatic nitrogens is 1. The van der Waals surface area contributed by atoms with Crippen molar-refractivity contribution in [3.8, 4) is 0 Å². The second kappa shape index (κ2) is 9.04. The number of aliphatic carboxylic acids is 1. The van der Waals surface area contributed by atoms with Gasteiger partial charge >= 0.3 is 5.97 Å². The molecule has 0 radical (unpaired) electrons. The molecule has 0 bridgehead atoms. The van der Waals surface area contributed by atoms with Crippen LogP contribution in [0.5, 0.6) is 0 Å². The minimum Gasteiger partial charge on any atom is -0.481 e. The van der Waals surface area contributed by atoms with E-state index in [2.05, 4.69) is 4.98 Å². The molecule has 5 nitrogen and oxygen atoms in total. The number of carbonyl (C=O) groups excluding carboxylic acids is 1. The fourth-order valence-corrected chi connectivity index (χ4v) is 3.32. The number of amides is 1. The van der Waals surface area contributed by atoms with E-state index in [0.29, 0.717) is 13.0 Å². The molecule has 21 heavy (non-hydrogen) atoms. The zero-order valence-electron chi connectivity index (χ0n) is 12.7. The summed E-state index contributed by atoms with van der Waals surface area (Å²) in [7, 11) is 0. The van der Waals surface area contributed by atoms with Crippen molar-refractivity contribution in [3.63, 3.8) is 0 Å². The maximum absolute atomic E-state index is 12.1. The molecule has 0 aromatic carbocycles. The van der Waals surface area contributed by atoms with E-state index in [-0.39, 0.29) is 12.5 Å². The van der Waals surface area contributed by atoms with Gasteiger partial charge in [0.2, 0.25) is 5.91 Å². The molecule has 1 N–H and O–H groups in total. The van der Waals surface area contributed by atoms with Gasteiger partial charge in [-0.2, -0.15) is 11.8 Å². The van der Waals surface area contributed by atoms with Crippen LogP contribution in [0.1, 0.15) is 31.0 Å². The minimum absolute atomic E-state index is 0.0209. The number of thiazole rings is 1. The van der Waals surface area contributed by atoms with Crippen LogP contribution in [0.3, 0.4) is 0 Å². The first-order valence-corrected chi connectivity index (χ1v) is 8.96. The van der Waals surface area contributed by atoms with E-state index >= 15 is 0 Å². The Balaban J connectivity index is 2.29. The average Bonchev–Trinajstić information content (AvgIpc) is 2.85. The third-order valence-corrected chi connectivity index (χ3v) is 4.84. The molecule has 1 atom stereocenters. The van der Waals surface area contributed by atoms with Crippen LogP contribution in [0, 0.1) is 12.8 Å². The summed E-state index contributed by atoms with van der Waals surface area (Å²) in [5, 5.41) is 12.0. The lowest BCUT2D eigenvalue weighted by atomic mass is 10.1. The zero-order chi connectivity index (χ0) is 15.8. The molecule has 1 aromatic rings. The van der Waals surface area contributed by atoms with Crippen LogP contribution >= 0.6 is 23.1 Å². The van der Waals surface area contributed by atoms with Gasteiger partial charge < -0.3 is 10.0 Å². The number of carboxylic acid groups (broad SMARTS) is 1. The Hall–Kier alpha value is -1.08. The predicted molar refractivity (Wildman–Crippen MR) is 86.7 cm³/mol. The fourth-order valence-electron chi connectivity index (χ4n) is 1.78. The van der Waals surface area contributed by atoms with E-state index in [9.17, 15) is 9.59 Å². The van der Waals surface area contributed by atoms with E-state index in [4.69, 9.17) is 5.11 Å². The van der Waals surface area contributed by atoms with Crippen LogP contribution in [-0.4, -0.2) is 45.7 Å². The Labute approximate surface area is 133 Å². The Morgan fingerprint density at radius 2 is 2.24 bits per heavy atom. The van der Waals surface area contributed by atoms with Gasteiger partial charge in [-0.1, -0.05) is 6.92 Å². The monoisotopic (exact) mass is 330 g/mol. The van der Waals surface area contributed by atoms with Crippen LogP contribution in [0.2, 0.25) is 0 Å². The molecule has 0 aliphatic rings. The largest absolute Gasteiger partial charge is 0.481 e. The van der Waals surface area contributed by atoms with Crippen molar-refractivity contribution >= 4 is 35.0 Å². The molecule has 0 saturated heterocycles. The Kier molecular flexibility index (Phi) is 7.74. The van der Waals surface area contributed by atoms with E-state index in [1.165, 1.54) is 0 Å². The van der Waals surface area contributed by atoms with Crippen molar-refractivity contribution in [2.24, 2.45) is 5.92 Å². The number of thioether (sulfide) groups is 1. The summed E-state index contributed by atoms with van der Waals surface area (Å²) in [6.45, 7) is 6.30. The highest BCUT2D eigenvalue weighted by molar-refractivity contribution is 7.98. The van der Waals surface area contributed by atoms with Crippen molar-refractivity contribution in [2.75, 3.05) is 18.8 Å².